The van der Waals surface area contributed by atoms with Gasteiger partial charge in [0.2, 0.25) is 0 Å². The second-order valence-corrected chi connectivity index (χ2v) is 5.91. The highest BCUT2D eigenvalue weighted by Gasteiger charge is 2.40. The lowest BCUT2D eigenvalue weighted by Crippen LogP contribution is -2.39. The molecule has 1 aliphatic rings. The standard InChI is InChI=1S/C14H22N2O2/c1-10(2)4-5-18-12-8-15-13(16-9-12)11-6-14(3,17)7-11/h8-11,17H,4-7H2,1-3H3. The van der Waals surface area contributed by atoms with Crippen molar-refractivity contribution in [2.45, 2.75) is 51.6 Å². The zero-order valence-corrected chi connectivity index (χ0v) is 11.4. The van der Waals surface area contributed by atoms with Crippen molar-refractivity contribution in [3.8, 4) is 5.75 Å². The molecule has 1 aromatic heterocycles. The van der Waals surface area contributed by atoms with Gasteiger partial charge in [0.05, 0.1) is 24.6 Å². The number of rotatable bonds is 5. The number of hydrogen-bond donors (Lipinski definition) is 1. The molecule has 2 rings (SSSR count). The molecule has 18 heavy (non-hydrogen) atoms. The summed E-state index contributed by atoms with van der Waals surface area (Å²) in [6, 6.07) is 0. The zero-order chi connectivity index (χ0) is 13.2. The molecular weight excluding hydrogens is 228 g/mol. The van der Waals surface area contributed by atoms with Crippen LogP contribution in [0.2, 0.25) is 0 Å². The van der Waals surface area contributed by atoms with E-state index in [1.54, 1.807) is 12.4 Å². The second kappa shape index (κ2) is 5.22. The van der Waals surface area contributed by atoms with Crippen molar-refractivity contribution in [2.75, 3.05) is 6.61 Å². The lowest BCUT2D eigenvalue weighted by Gasteiger charge is -2.39. The first-order chi connectivity index (χ1) is 8.46. The summed E-state index contributed by atoms with van der Waals surface area (Å²) in [7, 11) is 0. The summed E-state index contributed by atoms with van der Waals surface area (Å²) >= 11 is 0. The van der Waals surface area contributed by atoms with Crippen LogP contribution in [0.5, 0.6) is 5.75 Å². The Morgan fingerprint density at radius 2 is 2.00 bits per heavy atom. The summed E-state index contributed by atoms with van der Waals surface area (Å²) in [6.07, 6.45) is 6.00. The molecule has 4 heteroatoms. The Morgan fingerprint density at radius 1 is 1.39 bits per heavy atom. The Morgan fingerprint density at radius 3 is 2.50 bits per heavy atom. The van der Waals surface area contributed by atoms with Gasteiger partial charge in [0.25, 0.3) is 0 Å². The van der Waals surface area contributed by atoms with Crippen molar-refractivity contribution in [3.63, 3.8) is 0 Å². The zero-order valence-electron chi connectivity index (χ0n) is 11.4. The van der Waals surface area contributed by atoms with Gasteiger partial charge in [-0.1, -0.05) is 13.8 Å². The number of nitrogens with zero attached hydrogens (tertiary/aromatic N) is 2. The highest BCUT2D eigenvalue weighted by atomic mass is 16.5. The smallest absolute Gasteiger partial charge is 0.155 e. The lowest BCUT2D eigenvalue weighted by molar-refractivity contribution is -0.0334. The van der Waals surface area contributed by atoms with Crippen molar-refractivity contribution < 1.29 is 9.84 Å². The molecule has 0 aliphatic heterocycles. The van der Waals surface area contributed by atoms with Gasteiger partial charge in [-0.05, 0) is 32.1 Å². The summed E-state index contributed by atoms with van der Waals surface area (Å²) in [5.74, 6) is 2.48. The van der Waals surface area contributed by atoms with E-state index >= 15 is 0 Å². The maximum absolute atomic E-state index is 9.69. The third-order valence-corrected chi connectivity index (χ3v) is 3.35. The summed E-state index contributed by atoms with van der Waals surface area (Å²) in [5.41, 5.74) is -0.527. The molecule has 1 aromatic rings. The molecule has 0 radical (unpaired) electrons. The molecule has 0 bridgehead atoms. The van der Waals surface area contributed by atoms with Gasteiger partial charge >= 0.3 is 0 Å². The summed E-state index contributed by atoms with van der Waals surface area (Å²) in [4.78, 5) is 8.63. The Hall–Kier alpha value is -1.16. The maximum atomic E-state index is 9.69. The first kappa shape index (κ1) is 13.3. The number of aliphatic hydroxyl groups is 1. The minimum atomic E-state index is -0.527. The van der Waals surface area contributed by atoms with Crippen LogP contribution in [0.15, 0.2) is 12.4 Å². The Balaban J connectivity index is 1.83. The van der Waals surface area contributed by atoms with E-state index in [0.29, 0.717) is 18.4 Å². The van der Waals surface area contributed by atoms with Gasteiger partial charge in [-0.3, -0.25) is 0 Å². The number of ether oxygens (including phenoxy) is 1. The second-order valence-electron chi connectivity index (χ2n) is 5.91. The minimum absolute atomic E-state index is 0.296. The van der Waals surface area contributed by atoms with Crippen LogP contribution in [-0.2, 0) is 0 Å². The van der Waals surface area contributed by atoms with E-state index in [2.05, 4.69) is 23.8 Å². The van der Waals surface area contributed by atoms with E-state index in [1.165, 1.54) is 0 Å². The molecule has 100 valence electrons. The van der Waals surface area contributed by atoms with Crippen molar-refractivity contribution in [1.29, 1.82) is 0 Å². The fourth-order valence-electron chi connectivity index (χ4n) is 2.21. The van der Waals surface area contributed by atoms with Crippen LogP contribution in [0, 0.1) is 5.92 Å². The number of hydrogen-bond acceptors (Lipinski definition) is 4. The molecule has 0 amide bonds. The van der Waals surface area contributed by atoms with E-state index in [9.17, 15) is 5.11 Å². The van der Waals surface area contributed by atoms with Crippen LogP contribution in [0.1, 0.15) is 51.8 Å². The fourth-order valence-corrected chi connectivity index (χ4v) is 2.21. The molecule has 1 saturated carbocycles. The number of aromatic nitrogens is 2. The normalized spacial score (nSPS) is 27.1. The van der Waals surface area contributed by atoms with E-state index in [0.717, 1.165) is 30.8 Å². The molecule has 0 spiro atoms. The third kappa shape index (κ3) is 3.42. The van der Waals surface area contributed by atoms with Crippen molar-refractivity contribution in [2.24, 2.45) is 5.92 Å². The quantitative estimate of drug-likeness (QED) is 0.872. The van der Waals surface area contributed by atoms with Crippen molar-refractivity contribution in [3.05, 3.63) is 18.2 Å². The van der Waals surface area contributed by atoms with Gasteiger partial charge in [0.15, 0.2) is 5.75 Å². The summed E-state index contributed by atoms with van der Waals surface area (Å²) in [5, 5.41) is 9.69. The fraction of sp³-hybridized carbons (Fsp3) is 0.714. The van der Waals surface area contributed by atoms with Gasteiger partial charge in [0.1, 0.15) is 5.82 Å². The summed E-state index contributed by atoms with van der Waals surface area (Å²) in [6.45, 7) is 6.91. The van der Waals surface area contributed by atoms with Crippen LogP contribution in [0.25, 0.3) is 0 Å². The molecule has 0 aromatic carbocycles. The predicted molar refractivity (Wildman–Crippen MR) is 69.6 cm³/mol. The minimum Gasteiger partial charge on any atom is -0.490 e. The Labute approximate surface area is 108 Å². The SMILES string of the molecule is CC(C)CCOc1cnc(C2CC(C)(O)C2)nc1. The first-order valence-corrected chi connectivity index (χ1v) is 6.63. The van der Waals surface area contributed by atoms with Gasteiger partial charge in [0, 0.05) is 5.92 Å². The van der Waals surface area contributed by atoms with Crippen LogP contribution in [-0.4, -0.2) is 27.3 Å². The average Bonchev–Trinajstić information content (AvgIpc) is 2.26. The molecular formula is C14H22N2O2. The average molecular weight is 250 g/mol. The molecule has 0 saturated heterocycles. The highest BCUT2D eigenvalue weighted by Crippen LogP contribution is 2.42. The van der Waals surface area contributed by atoms with E-state index < -0.39 is 5.60 Å². The monoisotopic (exact) mass is 250 g/mol. The molecule has 4 nitrogen and oxygen atoms in total. The Bertz CT molecular complexity index is 379. The maximum Gasteiger partial charge on any atom is 0.155 e. The largest absolute Gasteiger partial charge is 0.490 e. The van der Waals surface area contributed by atoms with Crippen molar-refractivity contribution in [1.82, 2.24) is 9.97 Å². The van der Waals surface area contributed by atoms with E-state index in [1.807, 2.05) is 6.92 Å². The van der Waals surface area contributed by atoms with Gasteiger partial charge in [-0.15, -0.1) is 0 Å². The predicted octanol–water partition coefficient (Wildman–Crippen LogP) is 2.53. The van der Waals surface area contributed by atoms with Crippen LogP contribution < -0.4 is 4.74 Å². The molecule has 0 atom stereocenters. The van der Waals surface area contributed by atoms with Crippen molar-refractivity contribution >= 4 is 0 Å². The van der Waals surface area contributed by atoms with E-state index in [-0.39, 0.29) is 0 Å². The summed E-state index contributed by atoms with van der Waals surface area (Å²) < 4.78 is 5.57. The molecule has 1 aliphatic carbocycles. The molecule has 0 unspecified atom stereocenters. The van der Waals surface area contributed by atoms with Gasteiger partial charge in [-0.2, -0.15) is 0 Å². The van der Waals surface area contributed by atoms with Crippen LogP contribution >= 0.6 is 0 Å². The third-order valence-electron chi connectivity index (χ3n) is 3.35. The molecule has 1 heterocycles. The highest BCUT2D eigenvalue weighted by molar-refractivity contribution is 5.16. The molecule has 1 fully saturated rings. The Kier molecular flexibility index (Phi) is 3.85. The molecule has 1 N–H and O–H groups in total. The van der Waals surface area contributed by atoms with Crippen LogP contribution in [0.4, 0.5) is 0 Å². The van der Waals surface area contributed by atoms with E-state index in [4.69, 9.17) is 4.74 Å². The topological polar surface area (TPSA) is 55.2 Å². The van der Waals surface area contributed by atoms with Gasteiger partial charge < -0.3 is 9.84 Å². The first-order valence-electron chi connectivity index (χ1n) is 6.63. The van der Waals surface area contributed by atoms with Gasteiger partial charge in [-0.25, -0.2) is 9.97 Å². The van der Waals surface area contributed by atoms with Crippen LogP contribution in [0.3, 0.4) is 0 Å². The lowest BCUT2D eigenvalue weighted by atomic mass is 9.72.